The molecule has 0 rings (SSSR count). The van der Waals surface area contributed by atoms with Crippen LogP contribution in [0.25, 0.3) is 0 Å². The molecular formula is C11H22O5. The average molecular weight is 234 g/mol. The Morgan fingerprint density at radius 3 is 1.25 bits per heavy atom. The van der Waals surface area contributed by atoms with Crippen LogP contribution in [0, 0.1) is 5.41 Å². The Kier molecular flexibility index (Phi) is 13.3. The van der Waals surface area contributed by atoms with E-state index in [2.05, 4.69) is 0 Å². The molecule has 0 unspecified atom stereocenters. The molecule has 5 nitrogen and oxygen atoms in total. The van der Waals surface area contributed by atoms with Gasteiger partial charge in [-0.15, -0.1) is 0 Å². The highest BCUT2D eigenvalue weighted by molar-refractivity contribution is 4.75. The van der Waals surface area contributed by atoms with Crippen molar-refractivity contribution in [2.75, 3.05) is 26.4 Å². The predicted octanol–water partition coefficient (Wildman–Crippen LogP) is 0.0122. The van der Waals surface area contributed by atoms with Crippen LogP contribution in [0.5, 0.6) is 0 Å². The predicted molar refractivity (Wildman–Crippen MR) is 61.5 cm³/mol. The van der Waals surface area contributed by atoms with Crippen LogP contribution in [-0.4, -0.2) is 46.9 Å². The molecule has 0 atom stereocenters. The monoisotopic (exact) mass is 234 g/mol. The molecule has 0 aliphatic heterocycles. The van der Waals surface area contributed by atoms with Gasteiger partial charge in [0.25, 0.3) is 0 Å². The summed E-state index contributed by atoms with van der Waals surface area (Å²) in [7, 11) is 0. The first-order valence-corrected chi connectivity index (χ1v) is 4.97. The van der Waals surface area contributed by atoms with Crippen LogP contribution < -0.4 is 0 Å². The van der Waals surface area contributed by atoms with E-state index >= 15 is 0 Å². The summed E-state index contributed by atoms with van der Waals surface area (Å²) in [6, 6.07) is 0. The number of aliphatic hydroxyl groups is 4. The largest absolute Gasteiger partial charge is 0.473 e. The van der Waals surface area contributed by atoms with Crippen LogP contribution in [0.15, 0.2) is 24.7 Å². The highest BCUT2D eigenvalue weighted by Gasteiger charge is 2.26. The fraction of sp³-hybridized carbons (Fsp3) is 0.636. The van der Waals surface area contributed by atoms with Crippen molar-refractivity contribution >= 4 is 0 Å². The minimum atomic E-state index is -1.11. The van der Waals surface area contributed by atoms with Crippen LogP contribution in [0.1, 0.15) is 13.8 Å². The molecule has 0 spiro atoms. The van der Waals surface area contributed by atoms with Crippen molar-refractivity contribution in [3.8, 4) is 0 Å². The molecule has 0 bridgehead atoms. The molecule has 96 valence electrons. The van der Waals surface area contributed by atoms with Gasteiger partial charge in [-0.05, 0) is 13.8 Å². The highest BCUT2D eigenvalue weighted by atomic mass is 16.5. The number of hydrogen-bond donors (Lipinski definition) is 4. The van der Waals surface area contributed by atoms with Crippen LogP contribution >= 0.6 is 0 Å². The molecule has 0 aliphatic rings. The average Bonchev–Trinajstić information content (AvgIpc) is 2.34. The second-order valence-electron chi connectivity index (χ2n) is 3.21. The molecule has 0 aromatic carbocycles. The number of allylic oxidation sites excluding steroid dienone is 2. The minimum absolute atomic E-state index is 0.406. The lowest BCUT2D eigenvalue weighted by Gasteiger charge is -2.23. The van der Waals surface area contributed by atoms with Crippen molar-refractivity contribution in [2.24, 2.45) is 5.41 Å². The first-order chi connectivity index (χ1) is 7.66. The summed E-state index contributed by atoms with van der Waals surface area (Å²) in [4.78, 5) is 0. The topological polar surface area (TPSA) is 90.2 Å². The Labute approximate surface area is 96.3 Å². The van der Waals surface area contributed by atoms with Crippen molar-refractivity contribution in [1.29, 1.82) is 0 Å². The fourth-order valence-corrected chi connectivity index (χ4v) is 0.502. The van der Waals surface area contributed by atoms with E-state index in [0.717, 1.165) is 0 Å². The Morgan fingerprint density at radius 2 is 1.12 bits per heavy atom. The summed E-state index contributed by atoms with van der Waals surface area (Å²) >= 11 is 0. The van der Waals surface area contributed by atoms with E-state index in [1.165, 1.54) is 0 Å². The van der Waals surface area contributed by atoms with Crippen molar-refractivity contribution in [3.05, 3.63) is 24.7 Å². The Bertz CT molecular complexity index is 157. The Hall–Kier alpha value is -0.880. The maximum Gasteiger partial charge on any atom is 0.0858 e. The second-order valence-corrected chi connectivity index (χ2v) is 3.21. The number of ether oxygens (including phenoxy) is 1. The third kappa shape index (κ3) is 8.43. The number of rotatable bonds is 6. The van der Waals surface area contributed by atoms with E-state index in [1.54, 1.807) is 12.5 Å². The third-order valence-corrected chi connectivity index (χ3v) is 1.77. The highest BCUT2D eigenvalue weighted by Crippen LogP contribution is 2.11. The van der Waals surface area contributed by atoms with Gasteiger partial charge in [0.05, 0.1) is 44.4 Å². The van der Waals surface area contributed by atoms with Gasteiger partial charge in [0.2, 0.25) is 0 Å². The Balaban J connectivity index is 0. The molecule has 16 heavy (non-hydrogen) atoms. The molecule has 0 heterocycles. The lowest BCUT2D eigenvalue weighted by Crippen LogP contribution is -2.37. The van der Waals surface area contributed by atoms with Gasteiger partial charge in [0, 0.05) is 0 Å². The molecular weight excluding hydrogens is 212 g/mol. The van der Waals surface area contributed by atoms with Crippen LogP contribution in [-0.2, 0) is 4.74 Å². The summed E-state index contributed by atoms with van der Waals surface area (Å²) in [6.45, 7) is 2.19. The molecule has 0 fully saturated rings. The van der Waals surface area contributed by atoms with Crippen molar-refractivity contribution in [1.82, 2.24) is 0 Å². The van der Waals surface area contributed by atoms with Gasteiger partial charge < -0.3 is 25.2 Å². The minimum Gasteiger partial charge on any atom is -0.473 e. The fourth-order valence-electron chi connectivity index (χ4n) is 0.502. The lowest BCUT2D eigenvalue weighted by molar-refractivity contribution is -0.0328. The summed E-state index contributed by atoms with van der Waals surface area (Å²) < 4.78 is 4.77. The zero-order chi connectivity index (χ0) is 12.9. The summed E-state index contributed by atoms with van der Waals surface area (Å²) in [5.41, 5.74) is -1.11. The van der Waals surface area contributed by atoms with Gasteiger partial charge in [-0.2, -0.15) is 0 Å². The van der Waals surface area contributed by atoms with Gasteiger partial charge >= 0.3 is 0 Å². The molecule has 0 amide bonds. The van der Waals surface area contributed by atoms with Crippen molar-refractivity contribution in [2.45, 2.75) is 13.8 Å². The quantitative estimate of drug-likeness (QED) is 0.486. The van der Waals surface area contributed by atoms with Crippen molar-refractivity contribution in [3.63, 3.8) is 0 Å². The molecule has 0 aliphatic carbocycles. The maximum atomic E-state index is 8.50. The van der Waals surface area contributed by atoms with Gasteiger partial charge in [0.15, 0.2) is 0 Å². The first-order valence-electron chi connectivity index (χ1n) is 4.97. The maximum absolute atomic E-state index is 8.50. The van der Waals surface area contributed by atoms with E-state index in [4.69, 9.17) is 25.2 Å². The smallest absolute Gasteiger partial charge is 0.0858 e. The van der Waals surface area contributed by atoms with Crippen LogP contribution in [0.4, 0.5) is 0 Å². The van der Waals surface area contributed by atoms with Gasteiger partial charge in [0.1, 0.15) is 0 Å². The van der Waals surface area contributed by atoms with Crippen LogP contribution in [0.2, 0.25) is 0 Å². The molecule has 0 radical (unpaired) electrons. The SMILES string of the molecule is CC=COC=CC.OCC(CO)(CO)CO. The molecule has 4 N–H and O–H groups in total. The molecule has 0 saturated heterocycles. The zero-order valence-electron chi connectivity index (χ0n) is 9.83. The summed E-state index contributed by atoms with van der Waals surface area (Å²) in [5, 5.41) is 34.0. The third-order valence-electron chi connectivity index (χ3n) is 1.77. The van der Waals surface area contributed by atoms with Crippen LogP contribution in [0.3, 0.4) is 0 Å². The molecule has 5 heteroatoms. The van der Waals surface area contributed by atoms with Gasteiger partial charge in [-0.25, -0.2) is 0 Å². The summed E-state index contributed by atoms with van der Waals surface area (Å²) in [5.74, 6) is 0. The second kappa shape index (κ2) is 12.2. The Morgan fingerprint density at radius 1 is 0.812 bits per heavy atom. The van der Waals surface area contributed by atoms with E-state index in [0.29, 0.717) is 0 Å². The van der Waals surface area contributed by atoms with E-state index in [-0.39, 0.29) is 0 Å². The normalized spacial score (nSPS) is 11.6. The van der Waals surface area contributed by atoms with Gasteiger partial charge in [-0.3, -0.25) is 0 Å². The number of hydrogen-bond acceptors (Lipinski definition) is 5. The zero-order valence-corrected chi connectivity index (χ0v) is 9.83. The molecule has 0 aromatic heterocycles. The number of aliphatic hydroxyl groups excluding tert-OH is 4. The van der Waals surface area contributed by atoms with E-state index < -0.39 is 31.8 Å². The standard InChI is InChI=1S/C6H10O.C5H12O4/c1-3-5-7-6-4-2;6-1-5(2-7,3-8)4-9/h3-6H,1-2H3;6-9H,1-4H2. The molecule has 0 saturated carbocycles. The molecule has 0 aromatic rings. The van der Waals surface area contributed by atoms with Gasteiger partial charge in [-0.1, -0.05) is 12.2 Å². The summed E-state index contributed by atoms with van der Waals surface area (Å²) in [6.07, 6.45) is 6.92. The first kappa shape index (κ1) is 17.5. The lowest BCUT2D eigenvalue weighted by atomic mass is 9.93. The van der Waals surface area contributed by atoms with E-state index in [1.807, 2.05) is 26.0 Å². The van der Waals surface area contributed by atoms with Crippen molar-refractivity contribution < 1.29 is 25.2 Å². The van der Waals surface area contributed by atoms with E-state index in [9.17, 15) is 0 Å².